The highest BCUT2D eigenvalue weighted by Gasteiger charge is 2.30. The molecular formula is C6H6ClN3O2. The van der Waals surface area contributed by atoms with E-state index in [-0.39, 0.29) is 16.9 Å². The first-order valence-corrected chi connectivity index (χ1v) is 3.95. The van der Waals surface area contributed by atoms with Gasteiger partial charge in [0.05, 0.1) is 11.0 Å². The normalized spacial score (nSPS) is 16.4. The van der Waals surface area contributed by atoms with Crippen molar-refractivity contribution in [2.24, 2.45) is 0 Å². The van der Waals surface area contributed by atoms with Crippen molar-refractivity contribution in [3.05, 3.63) is 21.5 Å². The summed E-state index contributed by atoms with van der Waals surface area (Å²) >= 11 is 5.71. The van der Waals surface area contributed by atoms with Gasteiger partial charge in [-0.2, -0.15) is 5.10 Å². The van der Waals surface area contributed by atoms with Gasteiger partial charge in [-0.15, -0.1) is 0 Å². The fourth-order valence-corrected chi connectivity index (χ4v) is 1.33. The van der Waals surface area contributed by atoms with Gasteiger partial charge in [-0.25, -0.2) is 4.68 Å². The SMILES string of the molecule is O=[N+]([O-])c1cnn(C2CC2)c1Cl. The standard InChI is InChI=1S/C6H6ClN3O2/c7-6-5(10(11)12)3-8-9(6)4-1-2-4/h3-4H,1-2H2. The zero-order valence-electron chi connectivity index (χ0n) is 6.11. The molecule has 1 heterocycles. The van der Waals surface area contributed by atoms with Gasteiger partial charge in [0.25, 0.3) is 0 Å². The molecule has 1 aliphatic carbocycles. The molecule has 0 bridgehead atoms. The number of nitro groups is 1. The molecule has 1 saturated carbocycles. The summed E-state index contributed by atoms with van der Waals surface area (Å²) in [7, 11) is 0. The Morgan fingerprint density at radius 3 is 2.83 bits per heavy atom. The molecule has 1 fully saturated rings. The zero-order chi connectivity index (χ0) is 8.72. The summed E-state index contributed by atoms with van der Waals surface area (Å²) in [4.78, 5) is 9.83. The molecule has 1 aliphatic rings. The maximum Gasteiger partial charge on any atom is 0.325 e. The number of halogens is 1. The second kappa shape index (κ2) is 2.45. The van der Waals surface area contributed by atoms with Crippen molar-refractivity contribution in [2.75, 3.05) is 0 Å². The zero-order valence-corrected chi connectivity index (χ0v) is 6.86. The average molecular weight is 188 g/mol. The highest BCUT2D eigenvalue weighted by Crippen LogP contribution is 2.38. The molecule has 64 valence electrons. The fraction of sp³-hybridized carbons (Fsp3) is 0.500. The van der Waals surface area contributed by atoms with E-state index in [1.54, 1.807) is 0 Å². The van der Waals surface area contributed by atoms with Gasteiger partial charge in [-0.05, 0) is 12.8 Å². The maximum absolute atomic E-state index is 10.3. The molecule has 0 amide bonds. The third kappa shape index (κ3) is 1.06. The third-order valence-corrected chi connectivity index (χ3v) is 2.17. The minimum absolute atomic E-state index is 0.108. The average Bonchev–Trinajstić information content (AvgIpc) is 2.75. The Hall–Kier alpha value is -1.10. The number of aromatic nitrogens is 2. The van der Waals surface area contributed by atoms with Crippen LogP contribution in [0.4, 0.5) is 5.69 Å². The van der Waals surface area contributed by atoms with Crippen molar-refractivity contribution >= 4 is 17.3 Å². The molecule has 0 atom stereocenters. The first-order chi connectivity index (χ1) is 5.70. The first kappa shape index (κ1) is 7.54. The molecular weight excluding hydrogens is 182 g/mol. The molecule has 0 saturated heterocycles. The Kier molecular flexibility index (Phi) is 1.54. The van der Waals surface area contributed by atoms with Crippen LogP contribution in [-0.2, 0) is 0 Å². The monoisotopic (exact) mass is 187 g/mol. The summed E-state index contributed by atoms with van der Waals surface area (Å²) in [6, 6.07) is 0.284. The predicted octanol–water partition coefficient (Wildman–Crippen LogP) is 1.78. The van der Waals surface area contributed by atoms with Crippen LogP contribution < -0.4 is 0 Å². The molecule has 1 aromatic rings. The van der Waals surface area contributed by atoms with Crippen LogP contribution in [0.1, 0.15) is 18.9 Å². The van der Waals surface area contributed by atoms with Gasteiger partial charge in [-0.1, -0.05) is 11.6 Å². The largest absolute Gasteiger partial charge is 0.325 e. The summed E-state index contributed by atoms with van der Waals surface area (Å²) in [5.41, 5.74) is -0.108. The lowest BCUT2D eigenvalue weighted by atomic mass is 10.6. The van der Waals surface area contributed by atoms with E-state index in [4.69, 9.17) is 11.6 Å². The van der Waals surface area contributed by atoms with E-state index in [1.165, 1.54) is 10.9 Å². The van der Waals surface area contributed by atoms with E-state index >= 15 is 0 Å². The molecule has 0 N–H and O–H groups in total. The van der Waals surface area contributed by atoms with E-state index in [0.29, 0.717) is 0 Å². The summed E-state index contributed by atoms with van der Waals surface area (Å²) in [5, 5.41) is 14.3. The van der Waals surface area contributed by atoms with Crippen molar-refractivity contribution in [2.45, 2.75) is 18.9 Å². The van der Waals surface area contributed by atoms with Crippen LogP contribution in [0.15, 0.2) is 6.20 Å². The van der Waals surface area contributed by atoms with E-state index in [2.05, 4.69) is 5.10 Å². The summed E-state index contributed by atoms with van der Waals surface area (Å²) < 4.78 is 1.51. The van der Waals surface area contributed by atoms with Gasteiger partial charge in [-0.3, -0.25) is 10.1 Å². The van der Waals surface area contributed by atoms with Gasteiger partial charge in [0.2, 0.25) is 5.15 Å². The van der Waals surface area contributed by atoms with Gasteiger partial charge < -0.3 is 0 Å². The predicted molar refractivity (Wildman–Crippen MR) is 42.2 cm³/mol. The molecule has 0 radical (unpaired) electrons. The van der Waals surface area contributed by atoms with Crippen LogP contribution in [0.2, 0.25) is 5.15 Å². The number of nitrogens with zero attached hydrogens (tertiary/aromatic N) is 3. The van der Waals surface area contributed by atoms with E-state index in [9.17, 15) is 10.1 Å². The van der Waals surface area contributed by atoms with Gasteiger partial charge in [0, 0.05) is 0 Å². The van der Waals surface area contributed by atoms with Crippen molar-refractivity contribution in [1.82, 2.24) is 9.78 Å². The Labute approximate surface area is 73.1 Å². The lowest BCUT2D eigenvalue weighted by molar-refractivity contribution is -0.384. The molecule has 2 rings (SSSR count). The van der Waals surface area contributed by atoms with Crippen molar-refractivity contribution in [1.29, 1.82) is 0 Å². The highest BCUT2D eigenvalue weighted by atomic mass is 35.5. The van der Waals surface area contributed by atoms with Crippen LogP contribution in [-0.4, -0.2) is 14.7 Å². The van der Waals surface area contributed by atoms with Gasteiger partial charge >= 0.3 is 5.69 Å². The van der Waals surface area contributed by atoms with Crippen LogP contribution in [0, 0.1) is 10.1 Å². The van der Waals surface area contributed by atoms with Crippen molar-refractivity contribution in [3.63, 3.8) is 0 Å². The molecule has 12 heavy (non-hydrogen) atoms. The molecule has 0 spiro atoms. The Bertz CT molecular complexity index is 332. The molecule has 0 aliphatic heterocycles. The summed E-state index contributed by atoms with van der Waals surface area (Å²) in [5.74, 6) is 0. The molecule has 1 aromatic heterocycles. The molecule has 0 unspecified atom stereocenters. The van der Waals surface area contributed by atoms with Crippen LogP contribution >= 0.6 is 11.6 Å². The second-order valence-electron chi connectivity index (χ2n) is 2.75. The fourth-order valence-electron chi connectivity index (χ4n) is 1.03. The Balaban J connectivity index is 2.39. The summed E-state index contributed by atoms with van der Waals surface area (Å²) in [6.07, 6.45) is 3.22. The van der Waals surface area contributed by atoms with Crippen molar-refractivity contribution < 1.29 is 4.92 Å². The minimum atomic E-state index is -0.520. The number of rotatable bonds is 2. The third-order valence-electron chi connectivity index (χ3n) is 1.81. The van der Waals surface area contributed by atoms with E-state index in [1.807, 2.05) is 0 Å². The lowest BCUT2D eigenvalue weighted by Gasteiger charge is -1.95. The van der Waals surface area contributed by atoms with Crippen molar-refractivity contribution in [3.8, 4) is 0 Å². The topological polar surface area (TPSA) is 61.0 Å². The quantitative estimate of drug-likeness (QED) is 0.524. The van der Waals surface area contributed by atoms with Crippen LogP contribution in [0.25, 0.3) is 0 Å². The second-order valence-corrected chi connectivity index (χ2v) is 3.11. The Morgan fingerprint density at radius 2 is 2.42 bits per heavy atom. The number of hydrogen-bond donors (Lipinski definition) is 0. The first-order valence-electron chi connectivity index (χ1n) is 3.57. The van der Waals surface area contributed by atoms with Gasteiger partial charge in [0.1, 0.15) is 6.20 Å². The van der Waals surface area contributed by atoms with Crippen LogP contribution in [0.3, 0.4) is 0 Å². The molecule has 0 aromatic carbocycles. The molecule has 6 heteroatoms. The van der Waals surface area contributed by atoms with E-state index < -0.39 is 4.92 Å². The van der Waals surface area contributed by atoms with Gasteiger partial charge in [0.15, 0.2) is 0 Å². The Morgan fingerprint density at radius 1 is 1.75 bits per heavy atom. The van der Waals surface area contributed by atoms with E-state index in [0.717, 1.165) is 12.8 Å². The van der Waals surface area contributed by atoms with Crippen LogP contribution in [0.5, 0.6) is 0 Å². The number of hydrogen-bond acceptors (Lipinski definition) is 3. The minimum Gasteiger partial charge on any atom is -0.258 e. The summed E-state index contributed by atoms with van der Waals surface area (Å²) in [6.45, 7) is 0. The lowest BCUT2D eigenvalue weighted by Crippen LogP contribution is -1.95. The smallest absolute Gasteiger partial charge is 0.258 e. The molecule has 5 nitrogen and oxygen atoms in total. The highest BCUT2D eigenvalue weighted by molar-refractivity contribution is 6.31. The maximum atomic E-state index is 10.3.